The lowest BCUT2D eigenvalue weighted by Crippen LogP contribution is -2.50. The van der Waals surface area contributed by atoms with Crippen LogP contribution in [0.25, 0.3) is 22.2 Å². The highest BCUT2D eigenvalue weighted by molar-refractivity contribution is 5.83. The van der Waals surface area contributed by atoms with Gasteiger partial charge in [-0.2, -0.15) is 0 Å². The van der Waals surface area contributed by atoms with E-state index in [0.717, 1.165) is 11.2 Å². The van der Waals surface area contributed by atoms with Crippen molar-refractivity contribution >= 4 is 10.9 Å². The first-order chi connectivity index (χ1) is 12.3. The van der Waals surface area contributed by atoms with E-state index in [9.17, 15) is 0 Å². The minimum atomic E-state index is 0.343. The van der Waals surface area contributed by atoms with Crippen molar-refractivity contribution in [3.05, 3.63) is 60.4 Å². The molecular weight excluding hydrogens is 306 g/mol. The summed E-state index contributed by atoms with van der Waals surface area (Å²) in [4.78, 5) is 11.9. The number of nitrogens with zero attached hydrogens (tertiary/aromatic N) is 3. The van der Waals surface area contributed by atoms with Crippen molar-refractivity contribution in [1.29, 1.82) is 0 Å². The Hall–Kier alpha value is -2.26. The van der Waals surface area contributed by atoms with Crippen LogP contribution in [0.2, 0.25) is 0 Å². The summed E-state index contributed by atoms with van der Waals surface area (Å²) in [6.45, 7) is 3.77. The van der Waals surface area contributed by atoms with Crippen LogP contribution in [-0.2, 0) is 5.41 Å². The minimum absolute atomic E-state index is 0.343. The number of hydrogen-bond donors (Lipinski definition) is 0. The molecule has 0 aliphatic carbocycles. The number of benzene rings is 1. The van der Waals surface area contributed by atoms with E-state index in [1.165, 1.54) is 61.8 Å². The molecule has 2 aliphatic heterocycles. The predicted octanol–water partition coefficient (Wildman–Crippen LogP) is 4.42. The summed E-state index contributed by atoms with van der Waals surface area (Å²) in [5, 5.41) is 1.17. The molecule has 2 aromatic heterocycles. The van der Waals surface area contributed by atoms with Gasteiger partial charge in [0.05, 0.1) is 11.2 Å². The van der Waals surface area contributed by atoms with Crippen LogP contribution in [0.1, 0.15) is 31.2 Å². The number of pyridine rings is 2. The van der Waals surface area contributed by atoms with Gasteiger partial charge in [-0.05, 0) is 68.6 Å². The lowest BCUT2D eigenvalue weighted by molar-refractivity contribution is 0.0941. The number of fused-ring (bicyclic) bond motifs is 3. The molecule has 126 valence electrons. The van der Waals surface area contributed by atoms with Crippen LogP contribution in [0, 0.1) is 0 Å². The van der Waals surface area contributed by atoms with Crippen LogP contribution in [0.4, 0.5) is 0 Å². The zero-order valence-corrected chi connectivity index (χ0v) is 14.5. The zero-order valence-electron chi connectivity index (χ0n) is 14.5. The third kappa shape index (κ3) is 2.63. The van der Waals surface area contributed by atoms with Gasteiger partial charge in [-0.25, -0.2) is 0 Å². The second-order valence-electron chi connectivity index (χ2n) is 7.61. The Labute approximate surface area is 148 Å². The molecule has 0 N–H and O–H groups in total. The Kier molecular flexibility index (Phi) is 3.56. The molecule has 3 aromatic rings. The predicted molar refractivity (Wildman–Crippen MR) is 102 cm³/mol. The van der Waals surface area contributed by atoms with E-state index in [0.29, 0.717) is 5.41 Å². The average Bonchev–Trinajstić information content (AvgIpc) is 2.68. The van der Waals surface area contributed by atoms with Crippen molar-refractivity contribution in [3.63, 3.8) is 0 Å². The molecule has 2 aliphatic rings. The van der Waals surface area contributed by atoms with Gasteiger partial charge in [0.15, 0.2) is 0 Å². The van der Waals surface area contributed by atoms with Gasteiger partial charge in [-0.1, -0.05) is 18.2 Å². The quantitative estimate of drug-likeness (QED) is 0.697. The molecule has 4 heterocycles. The van der Waals surface area contributed by atoms with Crippen molar-refractivity contribution < 1.29 is 0 Å². The molecule has 0 saturated carbocycles. The van der Waals surface area contributed by atoms with Gasteiger partial charge in [-0.15, -0.1) is 0 Å². The van der Waals surface area contributed by atoms with Crippen LogP contribution in [0.3, 0.4) is 0 Å². The molecule has 1 aromatic carbocycles. The highest BCUT2D eigenvalue weighted by Gasteiger charge is 2.39. The Bertz CT molecular complexity index is 891. The summed E-state index contributed by atoms with van der Waals surface area (Å²) < 4.78 is 0. The maximum atomic E-state index is 4.83. The maximum absolute atomic E-state index is 4.83. The van der Waals surface area contributed by atoms with Gasteiger partial charge in [0.2, 0.25) is 0 Å². The number of hydrogen-bond acceptors (Lipinski definition) is 3. The molecule has 0 radical (unpaired) electrons. The summed E-state index contributed by atoms with van der Waals surface area (Å²) in [7, 11) is 0. The Morgan fingerprint density at radius 3 is 2.60 bits per heavy atom. The molecule has 3 heteroatoms. The molecule has 5 rings (SSSR count). The smallest absolute Gasteiger partial charge is 0.0702 e. The molecule has 2 fully saturated rings. The van der Waals surface area contributed by atoms with E-state index >= 15 is 0 Å². The fraction of sp³-hybridized carbons (Fsp3) is 0.364. The molecule has 25 heavy (non-hydrogen) atoms. The highest BCUT2D eigenvalue weighted by Crippen LogP contribution is 2.41. The van der Waals surface area contributed by atoms with E-state index in [-0.39, 0.29) is 0 Å². The summed E-state index contributed by atoms with van der Waals surface area (Å²) >= 11 is 0. The van der Waals surface area contributed by atoms with Crippen molar-refractivity contribution in [2.45, 2.75) is 31.1 Å². The lowest BCUT2D eigenvalue weighted by Gasteiger charge is -2.47. The molecule has 3 nitrogen and oxygen atoms in total. The molecule has 2 bridgehead atoms. The topological polar surface area (TPSA) is 29.0 Å². The summed E-state index contributed by atoms with van der Waals surface area (Å²) in [5.41, 5.74) is 5.03. The van der Waals surface area contributed by atoms with E-state index in [1.54, 1.807) is 0 Å². The van der Waals surface area contributed by atoms with Gasteiger partial charge in [0.25, 0.3) is 0 Å². The highest BCUT2D eigenvalue weighted by atomic mass is 15.1. The molecule has 2 saturated heterocycles. The zero-order chi connectivity index (χ0) is 16.7. The third-order valence-corrected chi connectivity index (χ3v) is 6.06. The number of rotatable bonds is 2. The first-order valence-corrected chi connectivity index (χ1v) is 9.37. The fourth-order valence-electron chi connectivity index (χ4n) is 4.76. The molecule has 0 unspecified atom stereocenters. The van der Waals surface area contributed by atoms with Gasteiger partial charge in [0, 0.05) is 35.3 Å². The van der Waals surface area contributed by atoms with Gasteiger partial charge in [0.1, 0.15) is 0 Å². The fourth-order valence-corrected chi connectivity index (χ4v) is 4.76. The maximum Gasteiger partial charge on any atom is 0.0702 e. The van der Waals surface area contributed by atoms with Crippen LogP contribution in [-0.4, -0.2) is 34.5 Å². The van der Waals surface area contributed by atoms with E-state index < -0.39 is 0 Å². The monoisotopic (exact) mass is 329 g/mol. The van der Waals surface area contributed by atoms with E-state index in [4.69, 9.17) is 4.98 Å². The normalized spacial score (nSPS) is 25.8. The lowest BCUT2D eigenvalue weighted by atomic mass is 9.69. The minimum Gasteiger partial charge on any atom is -0.302 e. The van der Waals surface area contributed by atoms with Crippen molar-refractivity contribution in [3.8, 4) is 11.3 Å². The molecule has 0 spiro atoms. The third-order valence-electron chi connectivity index (χ3n) is 6.06. The second-order valence-corrected chi connectivity index (χ2v) is 7.61. The molecular formula is C22H23N3. The Morgan fingerprint density at radius 1 is 0.920 bits per heavy atom. The van der Waals surface area contributed by atoms with Gasteiger partial charge in [-0.3, -0.25) is 9.97 Å². The van der Waals surface area contributed by atoms with Crippen molar-refractivity contribution in [1.82, 2.24) is 14.9 Å². The summed E-state index contributed by atoms with van der Waals surface area (Å²) in [6.07, 6.45) is 9.24. The first-order valence-electron chi connectivity index (χ1n) is 9.37. The Morgan fingerprint density at radius 2 is 1.80 bits per heavy atom. The van der Waals surface area contributed by atoms with Crippen molar-refractivity contribution in [2.75, 3.05) is 19.6 Å². The Balaban J connectivity index is 1.48. The average molecular weight is 329 g/mol. The summed E-state index contributed by atoms with van der Waals surface area (Å²) in [5.74, 6) is 0. The number of aromatic nitrogens is 2. The number of piperidine rings is 2. The largest absolute Gasteiger partial charge is 0.302 e. The van der Waals surface area contributed by atoms with Crippen LogP contribution >= 0.6 is 0 Å². The SMILES string of the molecule is c1cnc2ccc(-c3ccc(C45CCCN(CCC4)C5)cn3)cc2c1. The first kappa shape index (κ1) is 15.0. The van der Waals surface area contributed by atoms with Gasteiger partial charge >= 0.3 is 0 Å². The molecule has 0 atom stereocenters. The van der Waals surface area contributed by atoms with Crippen LogP contribution < -0.4 is 0 Å². The van der Waals surface area contributed by atoms with E-state index in [2.05, 4.69) is 52.5 Å². The standard InChI is InChI=1S/C22H23N3/c1-4-17-14-18(5-7-20(17)23-11-1)21-8-6-19(15-24-21)22-9-2-12-25(16-22)13-3-10-22/h1,4-8,11,14-15H,2-3,9-10,12-13,16H2. The van der Waals surface area contributed by atoms with E-state index in [1.807, 2.05) is 12.3 Å². The van der Waals surface area contributed by atoms with Crippen LogP contribution in [0.15, 0.2) is 54.9 Å². The summed E-state index contributed by atoms with van der Waals surface area (Å²) in [6, 6.07) is 15.0. The van der Waals surface area contributed by atoms with Crippen molar-refractivity contribution in [2.24, 2.45) is 0 Å². The van der Waals surface area contributed by atoms with Gasteiger partial charge < -0.3 is 4.90 Å². The molecule has 0 amide bonds. The second kappa shape index (κ2) is 5.92. The van der Waals surface area contributed by atoms with Crippen LogP contribution in [0.5, 0.6) is 0 Å².